The number of pyridine rings is 1. The lowest BCUT2D eigenvalue weighted by molar-refractivity contribution is -0.384. The van der Waals surface area contributed by atoms with Crippen molar-refractivity contribution in [1.82, 2.24) is 10.3 Å². The third kappa shape index (κ3) is 4.43. The third-order valence-electron chi connectivity index (χ3n) is 2.54. The van der Waals surface area contributed by atoms with Gasteiger partial charge in [-0.25, -0.2) is 4.98 Å². The minimum Gasteiger partial charge on any atom is -0.317 e. The molecule has 0 spiro atoms. The van der Waals surface area contributed by atoms with E-state index in [2.05, 4.69) is 38.2 Å². The zero-order valence-electron chi connectivity index (χ0n) is 10.9. The predicted octanol–water partition coefficient (Wildman–Crippen LogP) is 2.72. The first-order valence-corrected chi connectivity index (χ1v) is 7.43. The maximum absolute atomic E-state index is 12.0. The summed E-state index contributed by atoms with van der Waals surface area (Å²) in [7, 11) is 0. The largest absolute Gasteiger partial charge is 0.317 e. The van der Waals surface area contributed by atoms with Crippen LogP contribution in [0.5, 0.6) is 0 Å². The van der Waals surface area contributed by atoms with E-state index >= 15 is 0 Å². The minimum absolute atomic E-state index is 0.0830. The highest BCUT2D eigenvalue weighted by molar-refractivity contribution is 14.1. The second-order valence-corrected chi connectivity index (χ2v) is 5.73. The van der Waals surface area contributed by atoms with Gasteiger partial charge in [0.1, 0.15) is 5.82 Å². The molecule has 2 aromatic rings. The molecule has 1 heterocycles. The highest BCUT2D eigenvalue weighted by atomic mass is 127. The highest BCUT2D eigenvalue weighted by Crippen LogP contribution is 2.12. The van der Waals surface area contributed by atoms with Crippen molar-refractivity contribution in [2.24, 2.45) is 0 Å². The number of anilines is 1. The highest BCUT2D eigenvalue weighted by Gasteiger charge is 2.11. The Hall–Kier alpha value is -2.14. The summed E-state index contributed by atoms with van der Waals surface area (Å²) < 4.78 is 0.976. The first-order chi connectivity index (χ1) is 10.5. The first-order valence-electron chi connectivity index (χ1n) is 5.94. The van der Waals surface area contributed by atoms with Crippen LogP contribution in [0.1, 0.15) is 10.4 Å². The van der Waals surface area contributed by atoms with Crippen LogP contribution in [0.2, 0.25) is 0 Å². The van der Waals surface area contributed by atoms with Gasteiger partial charge in [-0.05, 0) is 59.1 Å². The zero-order chi connectivity index (χ0) is 16.1. The van der Waals surface area contributed by atoms with Crippen LogP contribution in [0.4, 0.5) is 11.5 Å². The second-order valence-electron chi connectivity index (χ2n) is 4.07. The number of thiocarbonyl (C=S) groups is 1. The molecule has 0 atom stereocenters. The summed E-state index contributed by atoms with van der Waals surface area (Å²) in [5.74, 6) is 0.0484. The number of halogens is 1. The molecule has 9 heteroatoms. The van der Waals surface area contributed by atoms with E-state index in [9.17, 15) is 14.9 Å². The molecule has 0 aliphatic carbocycles. The fourth-order valence-electron chi connectivity index (χ4n) is 1.51. The number of aromatic nitrogens is 1. The summed E-state index contributed by atoms with van der Waals surface area (Å²) in [6.07, 6.45) is 1.66. The van der Waals surface area contributed by atoms with E-state index < -0.39 is 10.8 Å². The van der Waals surface area contributed by atoms with Crippen molar-refractivity contribution in [3.05, 3.63) is 61.8 Å². The third-order valence-corrected chi connectivity index (χ3v) is 3.38. The van der Waals surface area contributed by atoms with Crippen LogP contribution in [0, 0.1) is 13.7 Å². The number of amides is 1. The number of carbonyl (C=O) groups is 1. The average Bonchev–Trinajstić information content (AvgIpc) is 2.49. The molecule has 2 rings (SSSR count). The van der Waals surface area contributed by atoms with E-state index in [1.54, 1.807) is 12.3 Å². The molecule has 0 aliphatic rings. The Balaban J connectivity index is 1.97. The van der Waals surface area contributed by atoms with E-state index in [4.69, 9.17) is 12.2 Å². The van der Waals surface area contributed by atoms with Gasteiger partial charge >= 0.3 is 0 Å². The van der Waals surface area contributed by atoms with E-state index in [1.165, 1.54) is 24.3 Å². The van der Waals surface area contributed by atoms with Gasteiger partial charge in [-0.15, -0.1) is 0 Å². The van der Waals surface area contributed by atoms with Gasteiger partial charge in [0.05, 0.1) is 4.92 Å². The number of rotatable bonds is 3. The smallest absolute Gasteiger partial charge is 0.269 e. The fraction of sp³-hybridized carbons (Fsp3) is 0. The quantitative estimate of drug-likeness (QED) is 0.338. The summed E-state index contributed by atoms with van der Waals surface area (Å²) in [6.45, 7) is 0. The van der Waals surface area contributed by atoms with Crippen LogP contribution in [0.15, 0.2) is 42.6 Å². The summed E-state index contributed by atoms with van der Waals surface area (Å²) >= 11 is 7.14. The number of nitrogens with zero attached hydrogens (tertiary/aromatic N) is 2. The molecule has 1 amide bonds. The normalized spacial score (nSPS) is 9.86. The molecule has 1 aromatic heterocycles. The molecule has 0 radical (unpaired) electrons. The summed E-state index contributed by atoms with van der Waals surface area (Å²) in [4.78, 5) is 26.1. The van der Waals surface area contributed by atoms with Gasteiger partial charge in [-0.3, -0.25) is 20.2 Å². The molecule has 0 fully saturated rings. The van der Waals surface area contributed by atoms with Crippen LogP contribution in [0.25, 0.3) is 0 Å². The van der Waals surface area contributed by atoms with Crippen LogP contribution < -0.4 is 10.6 Å². The van der Waals surface area contributed by atoms with E-state index in [-0.39, 0.29) is 16.4 Å². The Bertz CT molecular complexity index is 719. The summed E-state index contributed by atoms with van der Waals surface area (Å²) in [5.41, 5.74) is 0.186. The van der Waals surface area contributed by atoms with Crippen molar-refractivity contribution in [3.8, 4) is 0 Å². The molecule has 0 saturated heterocycles. The van der Waals surface area contributed by atoms with Gasteiger partial charge < -0.3 is 5.32 Å². The topological polar surface area (TPSA) is 97.2 Å². The van der Waals surface area contributed by atoms with Crippen molar-refractivity contribution in [3.63, 3.8) is 0 Å². The van der Waals surface area contributed by atoms with E-state index in [0.29, 0.717) is 5.82 Å². The molecule has 0 aliphatic heterocycles. The number of benzene rings is 1. The maximum Gasteiger partial charge on any atom is 0.269 e. The summed E-state index contributed by atoms with van der Waals surface area (Å²) in [5, 5.41) is 15.9. The number of carbonyl (C=O) groups excluding carboxylic acids is 1. The number of non-ortho nitro benzene ring substituents is 1. The lowest BCUT2D eigenvalue weighted by atomic mass is 10.2. The average molecular weight is 428 g/mol. The van der Waals surface area contributed by atoms with Crippen molar-refractivity contribution >= 4 is 57.3 Å². The van der Waals surface area contributed by atoms with Crippen molar-refractivity contribution < 1.29 is 9.72 Å². The second kappa shape index (κ2) is 7.22. The van der Waals surface area contributed by atoms with E-state index in [0.717, 1.165) is 3.57 Å². The Labute approximate surface area is 144 Å². The molecule has 1 aromatic carbocycles. The van der Waals surface area contributed by atoms with Crippen molar-refractivity contribution in [2.75, 3.05) is 5.32 Å². The van der Waals surface area contributed by atoms with Crippen molar-refractivity contribution in [1.29, 1.82) is 0 Å². The number of nitro benzene ring substituents is 1. The standard InChI is InChI=1S/C13H9IN4O3S/c14-9-3-6-11(15-7-9)16-13(22)17-12(19)8-1-4-10(5-2-8)18(20)21/h1-7H,(H2,15,16,17,19,22). The lowest BCUT2D eigenvalue weighted by Gasteiger charge is -2.08. The van der Waals surface area contributed by atoms with Crippen LogP contribution in [0.3, 0.4) is 0 Å². The van der Waals surface area contributed by atoms with Gasteiger partial charge in [-0.1, -0.05) is 0 Å². The Kier molecular flexibility index (Phi) is 5.33. The van der Waals surface area contributed by atoms with Gasteiger partial charge in [0.25, 0.3) is 11.6 Å². The molecular weight excluding hydrogens is 419 g/mol. The number of hydrogen-bond acceptors (Lipinski definition) is 5. The number of nitrogens with one attached hydrogen (secondary N) is 2. The number of nitro groups is 1. The molecule has 0 saturated carbocycles. The first kappa shape index (κ1) is 16.2. The van der Waals surface area contributed by atoms with Crippen LogP contribution in [-0.2, 0) is 0 Å². The monoisotopic (exact) mass is 428 g/mol. The van der Waals surface area contributed by atoms with Crippen LogP contribution >= 0.6 is 34.8 Å². The molecular formula is C13H9IN4O3S. The SMILES string of the molecule is O=C(NC(=S)Nc1ccc(I)cn1)c1ccc([N+](=O)[O-])cc1. The minimum atomic E-state index is -0.531. The van der Waals surface area contributed by atoms with Crippen molar-refractivity contribution in [2.45, 2.75) is 0 Å². The maximum atomic E-state index is 12.0. The lowest BCUT2D eigenvalue weighted by Crippen LogP contribution is -2.34. The fourth-order valence-corrected chi connectivity index (χ4v) is 2.02. The van der Waals surface area contributed by atoms with Gasteiger partial charge in [0, 0.05) is 27.5 Å². The predicted molar refractivity (Wildman–Crippen MR) is 93.7 cm³/mol. The summed E-state index contributed by atoms with van der Waals surface area (Å²) in [6, 6.07) is 8.80. The molecule has 0 bridgehead atoms. The van der Waals surface area contributed by atoms with E-state index in [1.807, 2.05) is 6.07 Å². The Morgan fingerprint density at radius 3 is 2.45 bits per heavy atom. The molecule has 2 N–H and O–H groups in total. The number of hydrogen-bond donors (Lipinski definition) is 2. The molecule has 112 valence electrons. The molecule has 22 heavy (non-hydrogen) atoms. The van der Waals surface area contributed by atoms with Gasteiger partial charge in [-0.2, -0.15) is 0 Å². The van der Waals surface area contributed by atoms with Gasteiger partial charge in [0.2, 0.25) is 0 Å². The Morgan fingerprint density at radius 2 is 1.91 bits per heavy atom. The van der Waals surface area contributed by atoms with Gasteiger partial charge in [0.15, 0.2) is 5.11 Å². The zero-order valence-corrected chi connectivity index (χ0v) is 13.9. The molecule has 0 unspecified atom stereocenters. The Morgan fingerprint density at radius 1 is 1.23 bits per heavy atom. The van der Waals surface area contributed by atoms with Crippen LogP contribution in [-0.4, -0.2) is 20.9 Å². The molecule has 7 nitrogen and oxygen atoms in total.